The molecule has 0 unspecified atom stereocenters. The summed E-state index contributed by atoms with van der Waals surface area (Å²) in [6.07, 6.45) is 0. The summed E-state index contributed by atoms with van der Waals surface area (Å²) in [4.78, 5) is 18.5. The lowest BCUT2D eigenvalue weighted by Gasteiger charge is -2.29. The quantitative estimate of drug-likeness (QED) is 0.121. The number of hydrogen-bond donors (Lipinski definition) is 0. The van der Waals surface area contributed by atoms with Crippen molar-refractivity contribution in [1.82, 2.24) is 15.0 Å². The van der Waals surface area contributed by atoms with E-state index in [1.54, 1.807) is 0 Å². The molecule has 1 aromatic heterocycles. The van der Waals surface area contributed by atoms with Gasteiger partial charge in [0, 0.05) is 28.3 Å². The van der Waals surface area contributed by atoms with Crippen LogP contribution in [-0.4, -0.2) is 15.0 Å². The third-order valence-electron chi connectivity index (χ3n) is 13.1. The predicted molar refractivity (Wildman–Crippen MR) is 284 cm³/mol. The standard InChI is InChI=1S/C64H54N4/c1-42-38-44(3)59(45(4)39-42)61(60-46(5)40-43(2)41-47(60)6)52-34-36-54(37-35-52)68(58-29-19-18-27-56(58)51-24-14-9-15-25-51)64-66-62(53-32-30-49(31-33-53)48-20-10-7-11-21-48)65-63(67-64)57-28-17-16-26-55(57)50-22-12-8-13-23-50/h7-41,61H,1-6H3. The molecule has 4 nitrogen and oxygen atoms in total. The average molecular weight is 879 g/mol. The van der Waals surface area contributed by atoms with Gasteiger partial charge in [0.2, 0.25) is 5.95 Å². The monoisotopic (exact) mass is 878 g/mol. The van der Waals surface area contributed by atoms with Crippen molar-refractivity contribution in [1.29, 1.82) is 0 Å². The van der Waals surface area contributed by atoms with E-state index in [2.05, 4.69) is 247 Å². The molecule has 0 spiro atoms. The lowest BCUT2D eigenvalue weighted by Crippen LogP contribution is -2.17. The zero-order valence-electron chi connectivity index (χ0n) is 39.6. The van der Waals surface area contributed by atoms with Gasteiger partial charge in [0.1, 0.15) is 0 Å². The molecular formula is C64H54N4. The molecule has 0 saturated heterocycles. The van der Waals surface area contributed by atoms with Crippen molar-refractivity contribution in [3.63, 3.8) is 0 Å². The molecule has 10 aromatic rings. The summed E-state index contributed by atoms with van der Waals surface area (Å²) in [6.45, 7) is 13.4. The summed E-state index contributed by atoms with van der Waals surface area (Å²) < 4.78 is 0. The molecule has 0 aliphatic heterocycles. The molecule has 68 heavy (non-hydrogen) atoms. The van der Waals surface area contributed by atoms with Gasteiger partial charge < -0.3 is 0 Å². The van der Waals surface area contributed by atoms with Crippen LogP contribution >= 0.6 is 0 Å². The Kier molecular flexibility index (Phi) is 12.2. The van der Waals surface area contributed by atoms with Crippen LogP contribution in [0.5, 0.6) is 0 Å². The molecule has 0 bridgehead atoms. The van der Waals surface area contributed by atoms with Crippen LogP contribution in [0.1, 0.15) is 56.0 Å². The minimum absolute atomic E-state index is 0.0269. The fourth-order valence-electron chi connectivity index (χ4n) is 10.2. The largest absolute Gasteiger partial charge is 0.278 e. The van der Waals surface area contributed by atoms with E-state index >= 15 is 0 Å². The highest BCUT2D eigenvalue weighted by Gasteiger charge is 2.27. The Balaban J connectivity index is 1.20. The Morgan fingerprint density at radius 3 is 1.29 bits per heavy atom. The fourth-order valence-corrected chi connectivity index (χ4v) is 10.2. The van der Waals surface area contributed by atoms with Crippen LogP contribution in [0.2, 0.25) is 0 Å². The number of rotatable bonds is 11. The molecule has 0 amide bonds. The molecule has 0 aliphatic rings. The number of para-hydroxylation sites is 1. The van der Waals surface area contributed by atoms with Crippen LogP contribution in [0.15, 0.2) is 212 Å². The van der Waals surface area contributed by atoms with Crippen molar-refractivity contribution in [2.45, 2.75) is 47.5 Å². The normalized spacial score (nSPS) is 11.2. The van der Waals surface area contributed by atoms with E-state index in [0.29, 0.717) is 17.6 Å². The number of hydrogen-bond acceptors (Lipinski definition) is 4. The summed E-state index contributed by atoms with van der Waals surface area (Å²) in [6, 6.07) is 75.4. The maximum atomic E-state index is 5.49. The van der Waals surface area contributed by atoms with Crippen molar-refractivity contribution in [2.75, 3.05) is 4.90 Å². The molecule has 330 valence electrons. The van der Waals surface area contributed by atoms with Gasteiger partial charge in [-0.1, -0.05) is 205 Å². The molecule has 10 rings (SSSR count). The van der Waals surface area contributed by atoms with Crippen molar-refractivity contribution in [3.8, 4) is 56.2 Å². The zero-order valence-corrected chi connectivity index (χ0v) is 39.6. The van der Waals surface area contributed by atoms with E-state index in [1.165, 1.54) is 50.1 Å². The van der Waals surface area contributed by atoms with Crippen LogP contribution in [0.25, 0.3) is 56.2 Å². The molecule has 1 heterocycles. The van der Waals surface area contributed by atoms with E-state index in [-0.39, 0.29) is 5.92 Å². The zero-order chi connectivity index (χ0) is 46.7. The fraction of sp³-hybridized carbons (Fsp3) is 0.109. The highest BCUT2D eigenvalue weighted by molar-refractivity contribution is 5.88. The third-order valence-corrected chi connectivity index (χ3v) is 13.1. The SMILES string of the molecule is Cc1cc(C)c(C(c2ccc(N(c3nc(-c4ccc(-c5ccccc5)cc4)nc(-c4ccccc4-c4ccccc4)n3)c3ccccc3-c3ccccc3)cc2)c2c(C)cc(C)cc2C)c(C)c1. The van der Waals surface area contributed by atoms with E-state index in [9.17, 15) is 0 Å². The second-order valence-corrected chi connectivity index (χ2v) is 18.0. The first-order valence-corrected chi connectivity index (χ1v) is 23.5. The van der Waals surface area contributed by atoms with E-state index in [4.69, 9.17) is 15.0 Å². The first kappa shape index (κ1) is 43.7. The minimum Gasteiger partial charge on any atom is -0.278 e. The van der Waals surface area contributed by atoms with Crippen molar-refractivity contribution >= 4 is 17.3 Å². The predicted octanol–water partition coefficient (Wildman–Crippen LogP) is 16.7. The average Bonchev–Trinajstić information content (AvgIpc) is 3.36. The number of aromatic nitrogens is 3. The molecule has 0 radical (unpaired) electrons. The Hall–Kier alpha value is -8.21. The molecule has 0 fully saturated rings. The van der Waals surface area contributed by atoms with Gasteiger partial charge in [-0.25, -0.2) is 4.98 Å². The Morgan fingerprint density at radius 2 is 0.750 bits per heavy atom. The van der Waals surface area contributed by atoms with E-state index < -0.39 is 0 Å². The van der Waals surface area contributed by atoms with Gasteiger partial charge in [0.05, 0.1) is 5.69 Å². The number of anilines is 3. The highest BCUT2D eigenvalue weighted by atomic mass is 15.3. The summed E-state index contributed by atoms with van der Waals surface area (Å²) in [5, 5.41) is 0. The lowest BCUT2D eigenvalue weighted by atomic mass is 9.77. The first-order valence-electron chi connectivity index (χ1n) is 23.5. The minimum atomic E-state index is 0.0269. The van der Waals surface area contributed by atoms with Crippen LogP contribution in [0, 0.1) is 41.5 Å². The molecule has 4 heteroatoms. The number of nitrogens with zero attached hydrogens (tertiary/aromatic N) is 4. The summed E-state index contributed by atoms with van der Waals surface area (Å²) in [5.74, 6) is 1.72. The Labute approximate surface area is 401 Å². The van der Waals surface area contributed by atoms with Gasteiger partial charge >= 0.3 is 0 Å². The van der Waals surface area contributed by atoms with Gasteiger partial charge in [-0.15, -0.1) is 0 Å². The summed E-state index contributed by atoms with van der Waals surface area (Å²) >= 11 is 0. The number of benzene rings is 9. The lowest BCUT2D eigenvalue weighted by molar-refractivity contribution is 0.919. The van der Waals surface area contributed by atoms with Crippen LogP contribution in [-0.2, 0) is 0 Å². The molecule has 0 N–H and O–H groups in total. The highest BCUT2D eigenvalue weighted by Crippen LogP contribution is 2.44. The smallest absolute Gasteiger partial charge is 0.238 e. The third kappa shape index (κ3) is 8.77. The molecule has 9 aromatic carbocycles. The van der Waals surface area contributed by atoms with Crippen molar-refractivity contribution < 1.29 is 0 Å². The maximum Gasteiger partial charge on any atom is 0.238 e. The molecule has 0 saturated carbocycles. The van der Waals surface area contributed by atoms with Crippen LogP contribution < -0.4 is 4.90 Å². The molecule has 0 aliphatic carbocycles. The Bertz CT molecular complexity index is 3280. The second kappa shape index (κ2) is 18.9. The van der Waals surface area contributed by atoms with Gasteiger partial charge in [-0.3, -0.25) is 4.90 Å². The first-order chi connectivity index (χ1) is 33.2. The number of aryl methyl sites for hydroxylation is 6. The van der Waals surface area contributed by atoms with Gasteiger partial charge in [0.15, 0.2) is 11.6 Å². The van der Waals surface area contributed by atoms with Gasteiger partial charge in [0.25, 0.3) is 0 Å². The van der Waals surface area contributed by atoms with Crippen molar-refractivity contribution in [3.05, 3.63) is 262 Å². The van der Waals surface area contributed by atoms with Crippen LogP contribution in [0.4, 0.5) is 17.3 Å². The second-order valence-electron chi connectivity index (χ2n) is 18.0. The van der Waals surface area contributed by atoms with Crippen molar-refractivity contribution in [2.24, 2.45) is 0 Å². The molecule has 0 atom stereocenters. The molecular weight excluding hydrogens is 825 g/mol. The van der Waals surface area contributed by atoms with E-state index in [0.717, 1.165) is 55.9 Å². The Morgan fingerprint density at radius 1 is 0.338 bits per heavy atom. The summed E-state index contributed by atoms with van der Waals surface area (Å²) in [7, 11) is 0. The summed E-state index contributed by atoms with van der Waals surface area (Å²) in [5.41, 5.74) is 22.0. The topological polar surface area (TPSA) is 41.9 Å². The van der Waals surface area contributed by atoms with E-state index in [1.807, 2.05) is 12.1 Å². The van der Waals surface area contributed by atoms with Gasteiger partial charge in [-0.05, 0) is 127 Å². The van der Waals surface area contributed by atoms with Gasteiger partial charge in [-0.2, -0.15) is 9.97 Å². The maximum absolute atomic E-state index is 5.49. The van der Waals surface area contributed by atoms with Crippen LogP contribution in [0.3, 0.4) is 0 Å².